The van der Waals surface area contributed by atoms with E-state index < -0.39 is 54.6 Å². The number of para-hydroxylation sites is 1. The van der Waals surface area contributed by atoms with Crippen molar-refractivity contribution in [1.29, 1.82) is 0 Å². The Morgan fingerprint density at radius 2 is 1.63 bits per heavy atom. The predicted molar refractivity (Wildman–Crippen MR) is 143 cm³/mol. The Kier molecular flexibility index (Phi) is 8.63. The largest absolute Gasteiger partial charge is 0.490 e. The molecule has 3 heterocycles. The molecule has 5 rings (SSSR count). The van der Waals surface area contributed by atoms with Crippen LogP contribution in [0.15, 0.2) is 48.5 Å². The van der Waals surface area contributed by atoms with Crippen LogP contribution >= 0.6 is 23.5 Å². The number of fused-ring (bicyclic) bond motifs is 5. The summed E-state index contributed by atoms with van der Waals surface area (Å²) in [5, 5.41) is 30.4. The number of nitrogens with zero attached hydrogens (tertiary/aromatic N) is 4. The highest BCUT2D eigenvalue weighted by molar-refractivity contribution is 7.66. The summed E-state index contributed by atoms with van der Waals surface area (Å²) in [5.41, 5.74) is 3.07. The molecule has 43 heavy (non-hydrogen) atoms. The molecule has 21 heteroatoms. The molecule has 1 amide bonds. The summed E-state index contributed by atoms with van der Waals surface area (Å²) < 4.78 is 53.1. The summed E-state index contributed by atoms with van der Waals surface area (Å²) in [4.78, 5) is 50.6. The van der Waals surface area contributed by atoms with Crippen molar-refractivity contribution in [3.63, 3.8) is 0 Å². The molecule has 3 aromatic rings. The fourth-order valence-corrected chi connectivity index (χ4v) is 7.90. The van der Waals surface area contributed by atoms with Crippen molar-refractivity contribution in [1.82, 2.24) is 15.0 Å². The van der Waals surface area contributed by atoms with Gasteiger partial charge in [-0.25, -0.2) is 18.4 Å². The van der Waals surface area contributed by atoms with Gasteiger partial charge in [0.25, 0.3) is 0 Å². The smallest absolute Gasteiger partial charge is 0.388 e. The molecule has 2 aliphatic heterocycles. The quantitative estimate of drug-likeness (QED) is 0.186. The number of carbonyl (C=O) groups excluding carboxylic acids is 1. The molecule has 6 atom stereocenters. The van der Waals surface area contributed by atoms with Crippen molar-refractivity contribution in [2.75, 3.05) is 11.5 Å². The summed E-state index contributed by atoms with van der Waals surface area (Å²) in [6.45, 7) is 0.619. The van der Waals surface area contributed by atoms with Crippen molar-refractivity contribution >= 4 is 35.1 Å². The minimum Gasteiger partial charge on any atom is -0.388 e. The number of aliphatic hydroxyl groups excluding tert-OH is 2. The Bertz CT molecular complexity index is 1690. The second-order valence-electron chi connectivity index (χ2n) is 9.44. The average molecular weight is 662 g/mol. The van der Waals surface area contributed by atoms with E-state index in [0.717, 1.165) is 0 Å². The summed E-state index contributed by atoms with van der Waals surface area (Å²) in [6, 6.07) is 12.7. The van der Waals surface area contributed by atoms with Gasteiger partial charge in [-0.3, -0.25) is 9.32 Å². The van der Waals surface area contributed by atoms with Crippen LogP contribution in [0.5, 0.6) is 0 Å². The van der Waals surface area contributed by atoms with Crippen molar-refractivity contribution in [3.05, 3.63) is 54.1 Å². The van der Waals surface area contributed by atoms with Gasteiger partial charge in [-0.2, -0.15) is 8.62 Å². The lowest BCUT2D eigenvalue weighted by molar-refractivity contribution is -0.116. The van der Waals surface area contributed by atoms with E-state index in [1.807, 2.05) is 0 Å². The molecule has 1 aromatic heterocycles. The number of aromatic nitrogens is 3. The zero-order valence-electron chi connectivity index (χ0n) is 21.9. The lowest BCUT2D eigenvalue weighted by atomic mass is 9.95. The van der Waals surface area contributed by atoms with Crippen LogP contribution < -0.4 is 4.90 Å². The topological polar surface area (TPSA) is 261 Å². The Labute approximate surface area is 242 Å². The summed E-state index contributed by atoms with van der Waals surface area (Å²) in [7, 11) is -16.9. The van der Waals surface area contributed by atoms with Gasteiger partial charge in [0.1, 0.15) is 23.9 Å². The van der Waals surface area contributed by atoms with Gasteiger partial charge in [0.2, 0.25) is 5.91 Å². The first kappa shape index (κ1) is 31.8. The number of phosphoric ester groups is 1. The van der Waals surface area contributed by atoms with Gasteiger partial charge in [0.05, 0.1) is 24.5 Å². The molecule has 0 radical (unpaired) electrons. The van der Waals surface area contributed by atoms with E-state index in [0.29, 0.717) is 33.8 Å². The minimum atomic E-state index is -5.77. The zero-order chi connectivity index (χ0) is 31.3. The molecule has 6 N–H and O–H groups in total. The normalized spacial score (nSPS) is 24.6. The lowest BCUT2D eigenvalue weighted by Crippen LogP contribution is -2.34. The second kappa shape index (κ2) is 11.7. The molecular weight excluding hydrogens is 637 g/mol. The maximum absolute atomic E-state index is 12.6. The number of ether oxygens (including phenoxy) is 1. The van der Waals surface area contributed by atoms with Crippen molar-refractivity contribution in [3.8, 4) is 22.5 Å². The number of benzene rings is 2. The highest BCUT2D eigenvalue weighted by atomic mass is 31.3. The van der Waals surface area contributed by atoms with Gasteiger partial charge in [-0.1, -0.05) is 47.7 Å². The molecule has 0 bridgehead atoms. The van der Waals surface area contributed by atoms with Crippen molar-refractivity contribution < 1.29 is 66.2 Å². The summed E-state index contributed by atoms with van der Waals surface area (Å²) in [5.74, 6) is -0.216. The molecule has 1 fully saturated rings. The lowest BCUT2D eigenvalue weighted by Gasteiger charge is -2.28. The third-order valence-corrected chi connectivity index (χ3v) is 10.4. The molecule has 0 aliphatic carbocycles. The fourth-order valence-electron chi connectivity index (χ4n) is 4.87. The van der Waals surface area contributed by atoms with Gasteiger partial charge < -0.3 is 39.4 Å². The van der Waals surface area contributed by atoms with Crippen molar-refractivity contribution in [2.24, 2.45) is 0 Å². The first-order valence-corrected chi connectivity index (χ1v) is 16.8. The Morgan fingerprint density at radius 1 is 0.977 bits per heavy atom. The molecule has 2 aliphatic rings. The van der Waals surface area contributed by atoms with Crippen LogP contribution in [-0.4, -0.2) is 75.8 Å². The van der Waals surface area contributed by atoms with E-state index in [2.05, 4.69) is 23.5 Å². The van der Waals surface area contributed by atoms with E-state index in [1.165, 1.54) is 11.6 Å². The van der Waals surface area contributed by atoms with Crippen LogP contribution in [0.2, 0.25) is 0 Å². The van der Waals surface area contributed by atoms with Crippen LogP contribution in [0, 0.1) is 0 Å². The SMILES string of the molecule is CC(=O)N1Cc2ccccc2-c2c(nnn2C2C(O)OC(COP(=O)(O)OP(=O)(O)OP(=O)(O)O)C2O)-c2ccccc21. The van der Waals surface area contributed by atoms with Gasteiger partial charge in [0.15, 0.2) is 6.29 Å². The number of hydrogen-bond donors (Lipinski definition) is 6. The first-order valence-electron chi connectivity index (χ1n) is 12.3. The summed E-state index contributed by atoms with van der Waals surface area (Å²) in [6.07, 6.45) is -4.97. The molecule has 1 saturated heterocycles. The molecule has 232 valence electrons. The number of aliphatic hydroxyl groups is 2. The van der Waals surface area contributed by atoms with Gasteiger partial charge >= 0.3 is 23.5 Å². The van der Waals surface area contributed by atoms with Gasteiger partial charge in [-0.15, -0.1) is 5.10 Å². The fraction of sp³-hybridized carbons (Fsp3) is 0.318. The number of rotatable bonds is 8. The molecule has 2 aromatic carbocycles. The summed E-state index contributed by atoms with van der Waals surface area (Å²) >= 11 is 0. The van der Waals surface area contributed by atoms with E-state index >= 15 is 0 Å². The van der Waals surface area contributed by atoms with E-state index in [4.69, 9.17) is 14.5 Å². The Hall–Kier alpha value is -2.66. The number of amides is 1. The number of anilines is 1. The third-order valence-electron chi connectivity index (χ3n) is 6.56. The van der Waals surface area contributed by atoms with Crippen LogP contribution in [0.1, 0.15) is 18.5 Å². The predicted octanol–water partition coefficient (Wildman–Crippen LogP) is 1.44. The minimum absolute atomic E-state index is 0.183. The highest BCUT2D eigenvalue weighted by Crippen LogP contribution is 2.66. The third kappa shape index (κ3) is 6.72. The molecule has 6 unspecified atom stereocenters. The number of phosphoric acid groups is 3. The molecular formula is C22H25N4O14P3. The second-order valence-corrected chi connectivity index (χ2v) is 13.9. The first-order chi connectivity index (χ1) is 20.1. The average Bonchev–Trinajstić information content (AvgIpc) is 3.42. The highest BCUT2D eigenvalue weighted by Gasteiger charge is 2.48. The van der Waals surface area contributed by atoms with E-state index in [9.17, 15) is 38.5 Å². The van der Waals surface area contributed by atoms with E-state index in [-0.39, 0.29) is 12.5 Å². The van der Waals surface area contributed by atoms with Crippen LogP contribution in [-0.2, 0) is 42.9 Å². The maximum Gasteiger partial charge on any atom is 0.490 e. The molecule has 0 spiro atoms. The molecule has 18 nitrogen and oxygen atoms in total. The Balaban J connectivity index is 1.46. The van der Waals surface area contributed by atoms with Crippen molar-refractivity contribution in [2.45, 2.75) is 38.0 Å². The molecule has 0 saturated carbocycles. The number of carbonyl (C=O) groups is 1. The van der Waals surface area contributed by atoms with Gasteiger partial charge in [0, 0.05) is 18.1 Å². The van der Waals surface area contributed by atoms with Gasteiger partial charge in [-0.05, 0) is 11.6 Å². The van der Waals surface area contributed by atoms with Crippen LogP contribution in [0.25, 0.3) is 22.5 Å². The Morgan fingerprint density at radius 3 is 2.30 bits per heavy atom. The maximum atomic E-state index is 12.6. The number of hydrogen-bond acceptors (Lipinski definition) is 12. The standard InChI is InChI=1S/C22H25N4O14P3/c1-12(27)25-10-13-6-2-3-7-14(13)19-18(15-8-4-5-9-16(15)25)23-24-26(19)20-21(28)17(38-22(20)29)11-37-42(33,34)40-43(35,36)39-41(30,31)32/h2-9,17,20-22,28-29H,10-11H2,1H3,(H,33,34)(H,35,36)(H2,30,31,32). The van der Waals surface area contributed by atoms with E-state index in [1.54, 1.807) is 53.4 Å². The van der Waals surface area contributed by atoms with Crippen LogP contribution in [0.3, 0.4) is 0 Å². The van der Waals surface area contributed by atoms with Crippen LogP contribution in [0.4, 0.5) is 5.69 Å². The monoisotopic (exact) mass is 662 g/mol. The zero-order valence-corrected chi connectivity index (χ0v) is 24.6.